The third kappa shape index (κ3) is 10.6. The summed E-state index contributed by atoms with van der Waals surface area (Å²) in [7, 11) is -6.12. The van der Waals surface area contributed by atoms with Crippen LogP contribution in [0.25, 0.3) is 20.9 Å². The predicted molar refractivity (Wildman–Crippen MR) is 148 cm³/mol. The summed E-state index contributed by atoms with van der Waals surface area (Å²) in [5, 5.41) is 7.04. The number of nitrogens with one attached hydrogen (secondary N) is 2. The molecule has 0 bridgehead atoms. The summed E-state index contributed by atoms with van der Waals surface area (Å²) < 4.78 is 43.2. The molecule has 4 heterocycles. The smallest absolute Gasteiger partial charge is 0.566 e. The van der Waals surface area contributed by atoms with E-state index >= 15 is 0 Å². The van der Waals surface area contributed by atoms with Gasteiger partial charge in [0.15, 0.2) is 0 Å². The SMILES string of the molecule is Cc1cn([C@@H]2CC(N=[N+]=[N-])[C@H](CO[P+](=O)[O-])O2)c(=O)[nH]c1=O.Cc1cn([C@H]2C[C@@H](N=[N+]=[N-])[C@@H](CO[P+](=O)[O-])O2)c(=O)[nH]c1=O.[Ca+2]. The van der Waals surface area contributed by atoms with Crippen LogP contribution in [0.1, 0.15) is 36.4 Å². The molecule has 2 aromatic rings. The molecule has 0 radical (unpaired) electrons. The van der Waals surface area contributed by atoms with Crippen LogP contribution in [-0.2, 0) is 27.7 Å². The van der Waals surface area contributed by atoms with Crippen LogP contribution in [0, 0.1) is 13.8 Å². The Balaban J connectivity index is 0.000000307. The van der Waals surface area contributed by atoms with Crippen molar-refractivity contribution in [3.8, 4) is 0 Å². The van der Waals surface area contributed by atoms with Crippen molar-refractivity contribution in [2.24, 2.45) is 10.2 Å². The summed E-state index contributed by atoms with van der Waals surface area (Å²) >= 11 is 0. The molecule has 8 atom stereocenters. The molecule has 22 nitrogen and oxygen atoms in total. The molecule has 236 valence electrons. The number of hydrogen-bond acceptors (Lipinski definition) is 14. The number of aromatic amines is 2. The van der Waals surface area contributed by atoms with Crippen molar-refractivity contribution in [2.75, 3.05) is 13.2 Å². The molecule has 25 heteroatoms. The normalized spacial score (nSPS) is 24.3. The molecular formula is C20H24CaN10O12P2+2. The number of aryl methyl sites for hydroxylation is 2. The summed E-state index contributed by atoms with van der Waals surface area (Å²) in [6.45, 7) is 2.40. The number of aromatic nitrogens is 4. The van der Waals surface area contributed by atoms with E-state index in [9.17, 15) is 38.1 Å². The monoisotopic (exact) mass is 698 g/mol. The van der Waals surface area contributed by atoms with Gasteiger partial charge in [0.25, 0.3) is 11.1 Å². The predicted octanol–water partition coefficient (Wildman–Crippen LogP) is -0.689. The molecule has 2 aliphatic rings. The van der Waals surface area contributed by atoms with Crippen LogP contribution < -0.4 is 32.3 Å². The van der Waals surface area contributed by atoms with Crippen LogP contribution in [0.2, 0.25) is 0 Å². The zero-order chi connectivity index (χ0) is 32.6. The summed E-state index contributed by atoms with van der Waals surface area (Å²) in [5.74, 6) is 0. The van der Waals surface area contributed by atoms with E-state index in [-0.39, 0.29) is 63.8 Å². The summed E-state index contributed by atoms with van der Waals surface area (Å²) in [6, 6.07) is -1.38. The first-order valence-electron chi connectivity index (χ1n) is 12.4. The zero-order valence-corrected chi connectivity index (χ0v) is 27.5. The third-order valence-electron chi connectivity index (χ3n) is 6.41. The van der Waals surface area contributed by atoms with E-state index in [2.05, 4.69) is 39.1 Å². The Labute approximate surface area is 282 Å². The Hall–Kier alpha value is -2.80. The largest absolute Gasteiger partial charge is 2.00 e. The Morgan fingerprint density at radius 1 is 0.844 bits per heavy atom. The topological polar surface area (TPSA) is 324 Å². The van der Waals surface area contributed by atoms with Gasteiger partial charge in [0, 0.05) is 46.2 Å². The molecule has 2 saturated heterocycles. The molecular weight excluding hydrogens is 674 g/mol. The van der Waals surface area contributed by atoms with Crippen molar-refractivity contribution < 1.29 is 37.4 Å². The second kappa shape index (κ2) is 17.8. The number of hydrogen-bond donors (Lipinski definition) is 2. The Kier molecular flexibility index (Phi) is 15.2. The first-order valence-corrected chi connectivity index (χ1v) is 14.6. The molecule has 45 heavy (non-hydrogen) atoms. The molecule has 0 saturated carbocycles. The van der Waals surface area contributed by atoms with E-state index in [1.54, 1.807) is 0 Å². The number of nitrogens with zero attached hydrogens (tertiary/aromatic N) is 8. The van der Waals surface area contributed by atoms with E-state index in [0.29, 0.717) is 11.1 Å². The van der Waals surface area contributed by atoms with Crippen LogP contribution >= 0.6 is 16.5 Å². The van der Waals surface area contributed by atoms with E-state index < -0.39 is 75.8 Å². The summed E-state index contributed by atoms with van der Waals surface area (Å²) in [4.78, 5) is 76.9. The van der Waals surface area contributed by atoms with Crippen molar-refractivity contribution in [2.45, 2.75) is 63.4 Å². The van der Waals surface area contributed by atoms with Gasteiger partial charge in [-0.05, 0) is 34.0 Å². The van der Waals surface area contributed by atoms with Crippen LogP contribution in [0.15, 0.2) is 41.8 Å². The average Bonchev–Trinajstić information content (AvgIpc) is 3.55. The molecule has 0 spiro atoms. The summed E-state index contributed by atoms with van der Waals surface area (Å²) in [6.07, 6.45) is -0.251. The van der Waals surface area contributed by atoms with Crippen molar-refractivity contribution in [3.05, 3.63) is 86.1 Å². The minimum absolute atomic E-state index is 0. The van der Waals surface area contributed by atoms with E-state index in [4.69, 9.17) is 20.5 Å². The van der Waals surface area contributed by atoms with E-state index in [0.717, 1.165) is 9.13 Å². The van der Waals surface area contributed by atoms with Crippen LogP contribution in [0.3, 0.4) is 0 Å². The Morgan fingerprint density at radius 2 is 1.20 bits per heavy atom. The van der Waals surface area contributed by atoms with Crippen LogP contribution in [-0.4, -0.2) is 94.3 Å². The molecule has 4 rings (SSSR count). The minimum atomic E-state index is -3.06. The van der Waals surface area contributed by atoms with Gasteiger partial charge in [-0.1, -0.05) is 10.2 Å². The first-order chi connectivity index (χ1) is 20.8. The van der Waals surface area contributed by atoms with Crippen molar-refractivity contribution >= 4 is 54.2 Å². The van der Waals surface area contributed by atoms with Gasteiger partial charge in [-0.25, -0.2) is 9.59 Å². The Bertz CT molecular complexity index is 1610. The maximum atomic E-state index is 11.8. The number of azide groups is 2. The molecule has 0 aromatic carbocycles. The number of H-pyrrole nitrogens is 2. The first kappa shape index (κ1) is 38.4. The standard InChI is InChI=1S/2C10H12N5O6P.Ca/c2*1-5-3-15(10(17)12-9(5)16)8-2-6(13-14-11)7(21-8)4-20-22(18)19;/h2*3,6-8H,2,4H2,1H3,(H,12,16,17);/q;;+2/t6?,7-,8-;6-,7-,8-;/m01./s1. The molecule has 2 fully saturated rings. The molecule has 2 aromatic heterocycles. The molecule has 3 unspecified atom stereocenters. The molecule has 0 aliphatic carbocycles. The van der Waals surface area contributed by atoms with E-state index in [1.165, 1.54) is 26.2 Å². The van der Waals surface area contributed by atoms with Gasteiger partial charge in [-0.2, -0.15) is 0 Å². The maximum Gasteiger partial charge on any atom is 2.00 e. The second-order valence-corrected chi connectivity index (χ2v) is 10.7. The second-order valence-electron chi connectivity index (χ2n) is 9.27. The van der Waals surface area contributed by atoms with Crippen LogP contribution in [0.4, 0.5) is 0 Å². The number of rotatable bonds is 10. The van der Waals surface area contributed by atoms with Crippen molar-refractivity contribution in [3.63, 3.8) is 0 Å². The van der Waals surface area contributed by atoms with Gasteiger partial charge in [0.05, 0.1) is 24.3 Å². The quantitative estimate of drug-likeness (QED) is 0.102. The fraction of sp³-hybridized carbons (Fsp3) is 0.600. The molecule has 2 aliphatic heterocycles. The molecule has 0 amide bonds. The summed E-state index contributed by atoms with van der Waals surface area (Å²) in [5.41, 5.74) is 15.4. The maximum absolute atomic E-state index is 11.8. The Morgan fingerprint density at radius 3 is 1.51 bits per heavy atom. The van der Waals surface area contributed by atoms with Crippen molar-refractivity contribution in [1.29, 1.82) is 0 Å². The van der Waals surface area contributed by atoms with Gasteiger partial charge in [0.1, 0.15) is 25.7 Å². The zero-order valence-electron chi connectivity index (χ0n) is 23.5. The average molecular weight is 698 g/mol. The van der Waals surface area contributed by atoms with Gasteiger partial charge in [-0.15, -0.1) is 9.05 Å². The third-order valence-corrected chi connectivity index (χ3v) is 7.13. The van der Waals surface area contributed by atoms with E-state index in [1.807, 2.05) is 0 Å². The van der Waals surface area contributed by atoms with Gasteiger partial charge in [-0.3, -0.25) is 28.7 Å². The van der Waals surface area contributed by atoms with Gasteiger partial charge < -0.3 is 19.3 Å². The minimum Gasteiger partial charge on any atom is -0.566 e. The van der Waals surface area contributed by atoms with Crippen LogP contribution in [0.5, 0.6) is 0 Å². The fourth-order valence-corrected chi connectivity index (χ4v) is 4.85. The van der Waals surface area contributed by atoms with Crippen molar-refractivity contribution in [1.82, 2.24) is 19.1 Å². The van der Waals surface area contributed by atoms with Gasteiger partial charge >= 0.3 is 65.6 Å². The van der Waals surface area contributed by atoms with Gasteiger partial charge in [0.2, 0.25) is 0 Å². The molecule has 2 N–H and O–H groups in total. The number of ether oxygens (including phenoxy) is 2. The fourth-order valence-electron chi connectivity index (χ4n) is 4.32.